The van der Waals surface area contributed by atoms with Crippen molar-refractivity contribution in [2.45, 2.75) is 20.4 Å². The number of rotatable bonds is 11. The van der Waals surface area contributed by atoms with Crippen LogP contribution in [0, 0.1) is 3.57 Å². The van der Waals surface area contributed by atoms with Gasteiger partial charge >= 0.3 is 11.8 Å². The summed E-state index contributed by atoms with van der Waals surface area (Å²) in [6, 6.07) is 4.98. The zero-order valence-corrected chi connectivity index (χ0v) is 19.8. The standard InChI is InChI=1S/C20H23IN6O5/c1-3-30-15-6-5-13(9-16(15)31-4-2)18(28)22-7-8-23-19(29)20-25-17(26-32-20)12-27-11-14(21)10-24-27/h5-6,9-11H,3-4,7-8,12H2,1-2H3,(H,22,28)(H,23,29). The summed E-state index contributed by atoms with van der Waals surface area (Å²) in [7, 11) is 0. The average Bonchev–Trinajstić information content (AvgIpc) is 3.41. The van der Waals surface area contributed by atoms with Crippen LogP contribution in [-0.2, 0) is 6.54 Å². The maximum absolute atomic E-state index is 12.4. The quantitative estimate of drug-likeness (QED) is 0.271. The number of amides is 2. The van der Waals surface area contributed by atoms with Crippen LogP contribution in [0.3, 0.4) is 0 Å². The first-order chi connectivity index (χ1) is 15.5. The zero-order chi connectivity index (χ0) is 22.9. The van der Waals surface area contributed by atoms with Crippen molar-refractivity contribution in [2.24, 2.45) is 0 Å². The third-order valence-corrected chi connectivity index (χ3v) is 4.63. The second kappa shape index (κ2) is 11.5. The summed E-state index contributed by atoms with van der Waals surface area (Å²) in [5.41, 5.74) is 0.429. The van der Waals surface area contributed by atoms with Gasteiger partial charge in [-0.1, -0.05) is 5.16 Å². The molecule has 0 atom stereocenters. The first kappa shape index (κ1) is 23.5. The van der Waals surface area contributed by atoms with E-state index in [0.717, 1.165) is 3.57 Å². The maximum Gasteiger partial charge on any atom is 0.316 e. The van der Waals surface area contributed by atoms with Gasteiger partial charge in [0.25, 0.3) is 5.91 Å². The van der Waals surface area contributed by atoms with E-state index in [1.165, 1.54) is 0 Å². The molecule has 0 aliphatic heterocycles. The molecule has 2 aromatic heterocycles. The van der Waals surface area contributed by atoms with Crippen LogP contribution in [0.5, 0.6) is 11.5 Å². The minimum atomic E-state index is -0.521. The summed E-state index contributed by atoms with van der Waals surface area (Å²) in [4.78, 5) is 28.6. The van der Waals surface area contributed by atoms with Gasteiger partial charge in [-0.2, -0.15) is 10.1 Å². The van der Waals surface area contributed by atoms with Crippen LogP contribution in [0.15, 0.2) is 35.1 Å². The summed E-state index contributed by atoms with van der Waals surface area (Å²) >= 11 is 2.14. The van der Waals surface area contributed by atoms with Gasteiger partial charge in [-0.05, 0) is 54.6 Å². The number of nitrogens with one attached hydrogen (secondary N) is 2. The molecule has 12 heteroatoms. The predicted molar refractivity (Wildman–Crippen MR) is 122 cm³/mol. The van der Waals surface area contributed by atoms with Crippen LogP contribution in [0.25, 0.3) is 0 Å². The number of halogens is 1. The van der Waals surface area contributed by atoms with Gasteiger partial charge in [0.1, 0.15) is 6.54 Å². The fourth-order valence-electron chi connectivity index (χ4n) is 2.70. The highest BCUT2D eigenvalue weighted by atomic mass is 127. The van der Waals surface area contributed by atoms with Crippen LogP contribution in [0.1, 0.15) is 40.7 Å². The van der Waals surface area contributed by atoms with Gasteiger partial charge in [0, 0.05) is 24.8 Å². The summed E-state index contributed by atoms with van der Waals surface area (Å²) in [6.45, 7) is 5.38. The number of carbonyl (C=O) groups excluding carboxylic acids is 2. The van der Waals surface area contributed by atoms with Gasteiger partial charge in [-0.25, -0.2) is 0 Å². The van der Waals surface area contributed by atoms with Crippen molar-refractivity contribution < 1.29 is 23.6 Å². The van der Waals surface area contributed by atoms with Crippen molar-refractivity contribution in [3.8, 4) is 11.5 Å². The number of nitrogens with zero attached hydrogens (tertiary/aromatic N) is 4. The number of hydrogen-bond donors (Lipinski definition) is 2. The maximum atomic E-state index is 12.4. The first-order valence-corrected chi connectivity index (χ1v) is 11.0. The first-order valence-electron chi connectivity index (χ1n) is 9.96. The molecular weight excluding hydrogens is 531 g/mol. The second-order valence-electron chi connectivity index (χ2n) is 6.41. The van der Waals surface area contributed by atoms with E-state index < -0.39 is 5.91 Å². The minimum absolute atomic E-state index is 0.152. The molecule has 3 aromatic rings. The molecule has 0 bridgehead atoms. The lowest BCUT2D eigenvalue weighted by Crippen LogP contribution is -2.34. The number of carbonyl (C=O) groups is 2. The molecule has 2 heterocycles. The van der Waals surface area contributed by atoms with E-state index >= 15 is 0 Å². The van der Waals surface area contributed by atoms with E-state index in [2.05, 4.69) is 48.5 Å². The van der Waals surface area contributed by atoms with Gasteiger partial charge < -0.3 is 24.6 Å². The van der Waals surface area contributed by atoms with Crippen LogP contribution < -0.4 is 20.1 Å². The van der Waals surface area contributed by atoms with Gasteiger partial charge in [0.15, 0.2) is 17.3 Å². The van der Waals surface area contributed by atoms with Crippen molar-refractivity contribution in [3.63, 3.8) is 0 Å². The molecule has 32 heavy (non-hydrogen) atoms. The normalized spacial score (nSPS) is 10.6. The Labute approximate surface area is 198 Å². The predicted octanol–water partition coefficient (Wildman–Crippen LogP) is 1.88. The molecule has 0 saturated heterocycles. The van der Waals surface area contributed by atoms with Gasteiger partial charge in [-0.15, -0.1) is 0 Å². The molecule has 170 valence electrons. The van der Waals surface area contributed by atoms with Crippen LogP contribution in [0.2, 0.25) is 0 Å². The molecule has 0 fully saturated rings. The molecule has 3 rings (SSSR count). The minimum Gasteiger partial charge on any atom is -0.490 e. The van der Waals surface area contributed by atoms with Crippen molar-refractivity contribution >= 4 is 34.4 Å². The monoisotopic (exact) mass is 554 g/mol. The van der Waals surface area contributed by atoms with Crippen molar-refractivity contribution in [1.82, 2.24) is 30.6 Å². The molecular formula is C20H23IN6O5. The summed E-state index contributed by atoms with van der Waals surface area (Å²) in [6.07, 6.45) is 3.52. The zero-order valence-electron chi connectivity index (χ0n) is 17.6. The van der Waals surface area contributed by atoms with E-state index in [0.29, 0.717) is 42.6 Å². The Bertz CT molecular complexity index is 1070. The molecule has 2 N–H and O–H groups in total. The highest BCUT2D eigenvalue weighted by molar-refractivity contribution is 14.1. The Morgan fingerprint density at radius 2 is 1.81 bits per heavy atom. The lowest BCUT2D eigenvalue weighted by Gasteiger charge is -2.12. The Morgan fingerprint density at radius 3 is 2.50 bits per heavy atom. The van der Waals surface area contributed by atoms with E-state index in [1.807, 2.05) is 20.0 Å². The lowest BCUT2D eigenvalue weighted by atomic mass is 10.2. The highest BCUT2D eigenvalue weighted by Gasteiger charge is 2.16. The molecule has 2 amide bonds. The molecule has 11 nitrogen and oxygen atoms in total. The molecule has 0 saturated carbocycles. The average molecular weight is 554 g/mol. The molecule has 0 spiro atoms. The molecule has 1 aromatic carbocycles. The topological polar surface area (TPSA) is 133 Å². The van der Waals surface area contributed by atoms with Gasteiger partial charge in [-0.3, -0.25) is 14.3 Å². The van der Waals surface area contributed by atoms with Crippen LogP contribution in [-0.4, -0.2) is 58.0 Å². The third-order valence-electron chi connectivity index (χ3n) is 4.07. The Hall–Kier alpha value is -3.16. The highest BCUT2D eigenvalue weighted by Crippen LogP contribution is 2.28. The summed E-state index contributed by atoms with van der Waals surface area (Å²) in [5.74, 6) is 0.459. The Morgan fingerprint density at radius 1 is 1.09 bits per heavy atom. The Kier molecular flexibility index (Phi) is 8.41. The van der Waals surface area contributed by atoms with E-state index in [4.69, 9.17) is 14.0 Å². The molecule has 0 unspecified atom stereocenters. The largest absolute Gasteiger partial charge is 0.490 e. The second-order valence-corrected chi connectivity index (χ2v) is 7.66. The lowest BCUT2D eigenvalue weighted by molar-refractivity contribution is 0.0898. The van der Waals surface area contributed by atoms with Crippen LogP contribution >= 0.6 is 22.6 Å². The van der Waals surface area contributed by atoms with E-state index in [-0.39, 0.29) is 24.9 Å². The third kappa shape index (κ3) is 6.42. The number of aromatic nitrogens is 4. The SMILES string of the molecule is CCOc1ccc(C(=O)NCCNC(=O)c2nc(Cn3cc(I)cn3)no2)cc1OCC. The van der Waals surface area contributed by atoms with E-state index in [9.17, 15) is 9.59 Å². The van der Waals surface area contributed by atoms with Crippen molar-refractivity contribution in [1.29, 1.82) is 0 Å². The summed E-state index contributed by atoms with van der Waals surface area (Å²) in [5, 5.41) is 13.3. The smallest absolute Gasteiger partial charge is 0.316 e. The Balaban J connectivity index is 1.46. The van der Waals surface area contributed by atoms with Gasteiger partial charge in [0.2, 0.25) is 0 Å². The number of benzene rings is 1. The molecule has 0 radical (unpaired) electrons. The van der Waals surface area contributed by atoms with Crippen LogP contribution in [0.4, 0.5) is 0 Å². The van der Waals surface area contributed by atoms with Gasteiger partial charge in [0.05, 0.1) is 23.0 Å². The number of ether oxygens (including phenoxy) is 2. The van der Waals surface area contributed by atoms with Crippen molar-refractivity contribution in [3.05, 3.63) is 51.4 Å². The fraction of sp³-hybridized carbons (Fsp3) is 0.350. The van der Waals surface area contributed by atoms with E-state index in [1.54, 1.807) is 29.1 Å². The fourth-order valence-corrected chi connectivity index (χ4v) is 3.15. The van der Waals surface area contributed by atoms with Crippen molar-refractivity contribution in [2.75, 3.05) is 26.3 Å². The molecule has 0 aliphatic rings. The molecule has 0 aliphatic carbocycles. The number of hydrogen-bond acceptors (Lipinski definition) is 8. The summed E-state index contributed by atoms with van der Waals surface area (Å²) < 4.78 is 18.6.